The molecule has 4 rings (SSSR count). The van der Waals surface area contributed by atoms with Crippen LogP contribution in [0.1, 0.15) is 38.2 Å². The zero-order chi connectivity index (χ0) is 24.9. The summed E-state index contributed by atoms with van der Waals surface area (Å²) >= 11 is 0. The van der Waals surface area contributed by atoms with Gasteiger partial charge in [0.25, 0.3) is 0 Å². The maximum atomic E-state index is 10.7. The van der Waals surface area contributed by atoms with Crippen molar-refractivity contribution in [2.24, 2.45) is 5.16 Å². The Morgan fingerprint density at radius 2 is 1.14 bits per heavy atom. The molecule has 0 atom stereocenters. The number of oxime groups is 1. The first-order valence-electron chi connectivity index (χ1n) is 11.2. The molecule has 0 aliphatic rings. The Morgan fingerprint density at radius 3 is 1.60 bits per heavy atom. The number of benzene rings is 4. The minimum atomic E-state index is 0.516. The number of rotatable bonds is 8. The molecule has 0 unspecified atom stereocenters. The van der Waals surface area contributed by atoms with Crippen molar-refractivity contribution >= 4 is 12.5 Å². The van der Waals surface area contributed by atoms with Crippen LogP contribution >= 0.6 is 0 Å². The minimum absolute atomic E-state index is 0.516. The van der Waals surface area contributed by atoms with Crippen molar-refractivity contribution in [3.8, 4) is 11.5 Å². The second-order valence-corrected chi connectivity index (χ2v) is 8.07. The maximum Gasteiger partial charge on any atom is 0.150 e. The van der Waals surface area contributed by atoms with Crippen molar-refractivity contribution in [1.82, 2.24) is 0 Å². The molecule has 178 valence electrons. The summed E-state index contributed by atoms with van der Waals surface area (Å²) in [4.78, 5) is 10.7. The van der Waals surface area contributed by atoms with E-state index in [9.17, 15) is 4.79 Å². The van der Waals surface area contributed by atoms with Crippen molar-refractivity contribution in [2.45, 2.75) is 27.1 Å². The van der Waals surface area contributed by atoms with Gasteiger partial charge >= 0.3 is 0 Å². The van der Waals surface area contributed by atoms with Gasteiger partial charge in [-0.05, 0) is 72.0 Å². The number of hydrogen-bond acceptors (Lipinski definition) is 5. The number of nitrogens with zero attached hydrogens (tertiary/aromatic N) is 1. The SMILES string of the molecule is Cc1cc(/C=N/O)cc(OCc2ccccc2)c1.Cc1cc(C=O)cc(OCc2ccccc2)c1. The zero-order valence-corrected chi connectivity index (χ0v) is 19.9. The third-order valence-electron chi connectivity index (χ3n) is 4.99. The van der Waals surface area contributed by atoms with E-state index in [0.717, 1.165) is 45.6 Å². The highest BCUT2D eigenvalue weighted by atomic mass is 16.5. The average Bonchev–Trinajstić information content (AvgIpc) is 2.87. The minimum Gasteiger partial charge on any atom is -0.489 e. The summed E-state index contributed by atoms with van der Waals surface area (Å²) in [6.07, 6.45) is 2.23. The molecule has 0 spiro atoms. The lowest BCUT2D eigenvalue weighted by Gasteiger charge is -2.08. The van der Waals surface area contributed by atoms with Crippen molar-refractivity contribution in [2.75, 3.05) is 0 Å². The molecule has 0 radical (unpaired) electrons. The highest BCUT2D eigenvalue weighted by Gasteiger charge is 2.01. The van der Waals surface area contributed by atoms with Crippen molar-refractivity contribution in [3.05, 3.63) is 130 Å². The molecular formula is C30H29NO4. The molecule has 1 N–H and O–H groups in total. The van der Waals surface area contributed by atoms with Crippen LogP contribution in [0.3, 0.4) is 0 Å². The quantitative estimate of drug-likeness (QED) is 0.134. The van der Waals surface area contributed by atoms with Gasteiger partial charge in [0, 0.05) is 5.56 Å². The second-order valence-electron chi connectivity index (χ2n) is 8.07. The molecule has 0 heterocycles. The van der Waals surface area contributed by atoms with Gasteiger partial charge in [-0.2, -0.15) is 0 Å². The standard InChI is InChI=1S/C15H15NO2.C15H14O2/c1-12-7-14(10-16-17)9-15(8-12)18-11-13-5-3-2-4-6-13;1-12-7-14(10-16)9-15(8-12)17-11-13-5-3-2-4-6-13/h2-10,17H,11H2,1H3;2-10H,11H2,1H3/b16-10+;. The van der Waals surface area contributed by atoms with E-state index in [2.05, 4.69) is 5.16 Å². The number of carbonyl (C=O) groups is 1. The molecule has 0 bridgehead atoms. The molecule has 0 saturated carbocycles. The van der Waals surface area contributed by atoms with Gasteiger partial charge in [-0.3, -0.25) is 4.79 Å². The van der Waals surface area contributed by atoms with Crippen LogP contribution in [-0.4, -0.2) is 17.7 Å². The first-order chi connectivity index (χ1) is 17.1. The van der Waals surface area contributed by atoms with Crippen LogP contribution in [0, 0.1) is 13.8 Å². The number of aldehydes is 1. The summed E-state index contributed by atoms with van der Waals surface area (Å²) in [5, 5.41) is 11.6. The lowest BCUT2D eigenvalue weighted by molar-refractivity contribution is 0.112. The summed E-state index contributed by atoms with van der Waals surface area (Å²) in [6, 6.07) is 31.2. The second kappa shape index (κ2) is 13.4. The Kier molecular flexibility index (Phi) is 9.63. The molecule has 0 fully saturated rings. The molecule has 0 saturated heterocycles. The van der Waals surface area contributed by atoms with Crippen molar-refractivity contribution in [1.29, 1.82) is 0 Å². The number of hydrogen-bond donors (Lipinski definition) is 1. The number of ether oxygens (including phenoxy) is 2. The Balaban J connectivity index is 0.000000196. The van der Waals surface area contributed by atoms with E-state index >= 15 is 0 Å². The van der Waals surface area contributed by atoms with Gasteiger partial charge in [0.15, 0.2) is 0 Å². The van der Waals surface area contributed by atoms with Gasteiger partial charge in [0.2, 0.25) is 0 Å². The summed E-state index contributed by atoms with van der Waals surface area (Å²) in [6.45, 7) is 4.97. The van der Waals surface area contributed by atoms with E-state index in [1.54, 1.807) is 6.07 Å². The Bertz CT molecular complexity index is 1240. The fraction of sp³-hybridized carbons (Fsp3) is 0.133. The highest BCUT2D eigenvalue weighted by Crippen LogP contribution is 2.18. The normalized spacial score (nSPS) is 10.3. The smallest absolute Gasteiger partial charge is 0.150 e. The van der Waals surface area contributed by atoms with E-state index in [0.29, 0.717) is 18.8 Å². The van der Waals surface area contributed by atoms with Crippen LogP contribution in [0.25, 0.3) is 0 Å². The summed E-state index contributed by atoms with van der Waals surface area (Å²) in [7, 11) is 0. The van der Waals surface area contributed by atoms with Gasteiger partial charge in [-0.1, -0.05) is 71.9 Å². The van der Waals surface area contributed by atoms with Gasteiger partial charge in [0.05, 0.1) is 6.21 Å². The lowest BCUT2D eigenvalue weighted by Crippen LogP contribution is -1.96. The third kappa shape index (κ3) is 8.82. The van der Waals surface area contributed by atoms with Gasteiger partial charge < -0.3 is 14.7 Å². The third-order valence-corrected chi connectivity index (χ3v) is 4.99. The van der Waals surface area contributed by atoms with Gasteiger partial charge in [0.1, 0.15) is 31.0 Å². The average molecular weight is 468 g/mol. The molecule has 5 heteroatoms. The first kappa shape index (κ1) is 25.2. The predicted molar refractivity (Wildman–Crippen MR) is 139 cm³/mol. The van der Waals surface area contributed by atoms with Gasteiger partial charge in [-0.25, -0.2) is 0 Å². The predicted octanol–water partition coefficient (Wildman–Crippen LogP) is 6.77. The lowest BCUT2D eigenvalue weighted by atomic mass is 10.1. The molecule has 0 aliphatic carbocycles. The van der Waals surface area contributed by atoms with Crippen LogP contribution < -0.4 is 9.47 Å². The molecule has 0 aliphatic heterocycles. The molecule has 0 aromatic heterocycles. The Morgan fingerprint density at radius 1 is 0.686 bits per heavy atom. The van der Waals surface area contributed by atoms with Crippen molar-refractivity contribution < 1.29 is 19.5 Å². The fourth-order valence-corrected chi connectivity index (χ4v) is 3.41. The highest BCUT2D eigenvalue weighted by molar-refractivity contribution is 5.80. The molecule has 5 nitrogen and oxygen atoms in total. The fourth-order valence-electron chi connectivity index (χ4n) is 3.41. The van der Waals surface area contributed by atoms with E-state index in [1.807, 2.05) is 105 Å². The van der Waals surface area contributed by atoms with Gasteiger partial charge in [-0.15, -0.1) is 0 Å². The topological polar surface area (TPSA) is 68.1 Å². The van der Waals surface area contributed by atoms with Crippen LogP contribution in [0.15, 0.2) is 102 Å². The molecular weight excluding hydrogens is 438 g/mol. The molecule has 4 aromatic rings. The monoisotopic (exact) mass is 467 g/mol. The Labute approximate surface area is 206 Å². The van der Waals surface area contributed by atoms with E-state index in [-0.39, 0.29) is 0 Å². The molecule has 4 aromatic carbocycles. The molecule has 0 amide bonds. The Hall–Kier alpha value is -4.38. The van der Waals surface area contributed by atoms with Crippen LogP contribution in [-0.2, 0) is 13.2 Å². The number of carbonyl (C=O) groups excluding carboxylic acids is 1. The summed E-state index contributed by atoms with van der Waals surface area (Å²) in [5.74, 6) is 1.50. The van der Waals surface area contributed by atoms with E-state index < -0.39 is 0 Å². The maximum absolute atomic E-state index is 10.7. The summed E-state index contributed by atoms with van der Waals surface area (Å²) < 4.78 is 11.4. The van der Waals surface area contributed by atoms with Crippen molar-refractivity contribution in [3.63, 3.8) is 0 Å². The van der Waals surface area contributed by atoms with E-state index in [4.69, 9.17) is 14.7 Å². The van der Waals surface area contributed by atoms with Crippen LogP contribution in [0.2, 0.25) is 0 Å². The first-order valence-corrected chi connectivity index (χ1v) is 11.2. The summed E-state index contributed by atoms with van der Waals surface area (Å²) in [5.41, 5.74) is 5.79. The van der Waals surface area contributed by atoms with E-state index in [1.165, 1.54) is 6.21 Å². The number of aryl methyl sites for hydroxylation is 2. The zero-order valence-electron chi connectivity index (χ0n) is 19.9. The van der Waals surface area contributed by atoms with Crippen LogP contribution in [0.5, 0.6) is 11.5 Å². The molecule has 35 heavy (non-hydrogen) atoms. The largest absolute Gasteiger partial charge is 0.489 e. The van der Waals surface area contributed by atoms with Crippen LogP contribution in [0.4, 0.5) is 0 Å².